The van der Waals surface area contributed by atoms with E-state index in [0.717, 1.165) is 26.2 Å². The smallest absolute Gasteiger partial charge is 0.0615 e. The van der Waals surface area contributed by atoms with Crippen LogP contribution in [-0.4, -0.2) is 41.0 Å². The van der Waals surface area contributed by atoms with Crippen molar-refractivity contribution in [2.45, 2.75) is 26.1 Å². The highest BCUT2D eigenvalue weighted by Crippen LogP contribution is 2.13. The molecule has 2 heterocycles. The summed E-state index contributed by atoms with van der Waals surface area (Å²) in [6.45, 7) is 6.06. The summed E-state index contributed by atoms with van der Waals surface area (Å²) in [6.07, 6.45) is 1.87. The fraction of sp³-hybridized carbons (Fsp3) is 0.700. The minimum Gasteiger partial charge on any atom is -0.383 e. The van der Waals surface area contributed by atoms with Crippen LogP contribution in [0, 0.1) is 0 Å². The Balaban J connectivity index is 2.00. The Kier molecular flexibility index (Phi) is 2.84. The van der Waals surface area contributed by atoms with E-state index >= 15 is 0 Å². The normalized spacial score (nSPS) is 19.3. The van der Waals surface area contributed by atoms with Crippen LogP contribution < -0.4 is 0 Å². The summed E-state index contributed by atoms with van der Waals surface area (Å²) in [5.74, 6) is 0. The number of ether oxygens (including phenoxy) is 1. The van der Waals surface area contributed by atoms with Crippen LogP contribution >= 0.6 is 0 Å². The highest BCUT2D eigenvalue weighted by molar-refractivity contribution is 5.02. The second-order valence-electron chi connectivity index (χ2n) is 3.82. The van der Waals surface area contributed by atoms with Crippen molar-refractivity contribution in [3.05, 3.63) is 18.0 Å². The molecule has 0 saturated carbocycles. The minimum atomic E-state index is 0.489. The van der Waals surface area contributed by atoms with E-state index in [9.17, 15) is 0 Å². The van der Waals surface area contributed by atoms with Crippen LogP contribution in [0.1, 0.15) is 12.6 Å². The van der Waals surface area contributed by atoms with Gasteiger partial charge in [-0.25, -0.2) is 0 Å². The molecule has 1 aromatic heterocycles. The SMILES string of the molecule is COCC(C)N1CCn2nccc2C1. The van der Waals surface area contributed by atoms with Crippen LogP contribution in [-0.2, 0) is 17.8 Å². The molecule has 1 unspecified atom stereocenters. The van der Waals surface area contributed by atoms with E-state index in [-0.39, 0.29) is 0 Å². The zero-order valence-electron chi connectivity index (χ0n) is 8.81. The molecule has 0 radical (unpaired) electrons. The average Bonchev–Trinajstić information content (AvgIpc) is 2.64. The lowest BCUT2D eigenvalue weighted by atomic mass is 10.2. The van der Waals surface area contributed by atoms with E-state index in [2.05, 4.69) is 27.7 Å². The Hall–Kier alpha value is -0.870. The summed E-state index contributed by atoms with van der Waals surface area (Å²) in [4.78, 5) is 2.43. The third-order valence-electron chi connectivity index (χ3n) is 2.80. The Bertz CT molecular complexity index is 297. The van der Waals surface area contributed by atoms with E-state index in [1.165, 1.54) is 5.69 Å². The van der Waals surface area contributed by atoms with E-state index in [4.69, 9.17) is 4.74 Å². The Morgan fingerprint density at radius 1 is 1.57 bits per heavy atom. The highest BCUT2D eigenvalue weighted by atomic mass is 16.5. The number of methoxy groups -OCH3 is 1. The summed E-state index contributed by atoms with van der Waals surface area (Å²) in [5, 5.41) is 4.26. The number of aromatic nitrogens is 2. The highest BCUT2D eigenvalue weighted by Gasteiger charge is 2.20. The molecule has 4 heteroatoms. The van der Waals surface area contributed by atoms with E-state index in [0.29, 0.717) is 6.04 Å². The second kappa shape index (κ2) is 4.11. The summed E-state index contributed by atoms with van der Waals surface area (Å²) in [5.41, 5.74) is 1.30. The summed E-state index contributed by atoms with van der Waals surface area (Å²) in [7, 11) is 1.75. The van der Waals surface area contributed by atoms with Gasteiger partial charge in [0.1, 0.15) is 0 Å². The van der Waals surface area contributed by atoms with Gasteiger partial charge in [-0.05, 0) is 13.0 Å². The fourth-order valence-electron chi connectivity index (χ4n) is 1.93. The number of hydrogen-bond donors (Lipinski definition) is 0. The van der Waals surface area contributed by atoms with Crippen LogP contribution in [0.15, 0.2) is 12.3 Å². The molecule has 0 N–H and O–H groups in total. The van der Waals surface area contributed by atoms with Crippen molar-refractivity contribution in [2.75, 3.05) is 20.3 Å². The zero-order valence-corrected chi connectivity index (χ0v) is 8.81. The van der Waals surface area contributed by atoms with E-state index < -0.39 is 0 Å². The van der Waals surface area contributed by atoms with Gasteiger partial charge in [-0.15, -0.1) is 0 Å². The van der Waals surface area contributed by atoms with Gasteiger partial charge in [-0.1, -0.05) is 0 Å². The molecule has 1 aliphatic heterocycles. The molecule has 0 spiro atoms. The van der Waals surface area contributed by atoms with Crippen molar-refractivity contribution >= 4 is 0 Å². The summed E-state index contributed by atoms with van der Waals surface area (Å²) in [6, 6.07) is 2.58. The molecule has 1 aliphatic rings. The maximum Gasteiger partial charge on any atom is 0.0615 e. The predicted molar refractivity (Wildman–Crippen MR) is 54.0 cm³/mol. The topological polar surface area (TPSA) is 30.3 Å². The van der Waals surface area contributed by atoms with Gasteiger partial charge in [0.15, 0.2) is 0 Å². The maximum absolute atomic E-state index is 5.16. The second-order valence-corrected chi connectivity index (χ2v) is 3.82. The zero-order chi connectivity index (χ0) is 9.97. The van der Waals surface area contributed by atoms with Crippen molar-refractivity contribution in [3.63, 3.8) is 0 Å². The van der Waals surface area contributed by atoms with Gasteiger partial charge >= 0.3 is 0 Å². The molecule has 0 bridgehead atoms. The van der Waals surface area contributed by atoms with Crippen LogP contribution in [0.3, 0.4) is 0 Å². The van der Waals surface area contributed by atoms with Gasteiger partial charge in [0.2, 0.25) is 0 Å². The molecule has 0 fully saturated rings. The molecule has 1 atom stereocenters. The van der Waals surface area contributed by atoms with Gasteiger partial charge < -0.3 is 4.74 Å². The number of hydrogen-bond acceptors (Lipinski definition) is 3. The molecule has 0 aliphatic carbocycles. The Morgan fingerprint density at radius 2 is 2.43 bits per heavy atom. The van der Waals surface area contributed by atoms with Gasteiger partial charge in [0.25, 0.3) is 0 Å². The lowest BCUT2D eigenvalue weighted by Gasteiger charge is -2.32. The van der Waals surface area contributed by atoms with Gasteiger partial charge in [0, 0.05) is 32.4 Å². The first-order chi connectivity index (χ1) is 6.81. The Morgan fingerprint density at radius 3 is 3.21 bits per heavy atom. The molecular formula is C10H17N3O. The summed E-state index contributed by atoms with van der Waals surface area (Å²) >= 11 is 0. The number of nitrogens with zero attached hydrogens (tertiary/aromatic N) is 3. The quantitative estimate of drug-likeness (QED) is 0.712. The minimum absolute atomic E-state index is 0.489. The first-order valence-corrected chi connectivity index (χ1v) is 5.05. The first kappa shape index (κ1) is 9.68. The molecule has 0 saturated heterocycles. The van der Waals surface area contributed by atoms with Crippen LogP contribution in [0.2, 0.25) is 0 Å². The van der Waals surface area contributed by atoms with Crippen LogP contribution in [0.4, 0.5) is 0 Å². The summed E-state index contributed by atoms with van der Waals surface area (Å²) < 4.78 is 7.24. The van der Waals surface area contributed by atoms with Crippen molar-refractivity contribution in [3.8, 4) is 0 Å². The predicted octanol–water partition coefficient (Wildman–Crippen LogP) is 0.734. The van der Waals surface area contributed by atoms with Crippen molar-refractivity contribution < 1.29 is 4.74 Å². The van der Waals surface area contributed by atoms with Crippen molar-refractivity contribution in [2.24, 2.45) is 0 Å². The lowest BCUT2D eigenvalue weighted by Crippen LogP contribution is -2.41. The Labute approximate surface area is 84.5 Å². The number of fused-ring (bicyclic) bond motifs is 1. The van der Waals surface area contributed by atoms with Gasteiger partial charge in [-0.3, -0.25) is 9.58 Å². The molecule has 4 nitrogen and oxygen atoms in total. The standard InChI is InChI=1S/C10H17N3O/c1-9(8-14-2)12-5-6-13-10(7-12)3-4-11-13/h3-4,9H,5-8H2,1-2H3. The monoisotopic (exact) mass is 195 g/mol. The van der Waals surface area contributed by atoms with Crippen molar-refractivity contribution in [1.29, 1.82) is 0 Å². The first-order valence-electron chi connectivity index (χ1n) is 5.05. The van der Waals surface area contributed by atoms with Crippen LogP contribution in [0.25, 0.3) is 0 Å². The van der Waals surface area contributed by atoms with E-state index in [1.54, 1.807) is 7.11 Å². The molecule has 78 valence electrons. The molecular weight excluding hydrogens is 178 g/mol. The molecule has 0 amide bonds. The van der Waals surface area contributed by atoms with E-state index in [1.807, 2.05) is 6.20 Å². The van der Waals surface area contributed by atoms with Crippen LogP contribution in [0.5, 0.6) is 0 Å². The molecule has 0 aromatic carbocycles. The lowest BCUT2D eigenvalue weighted by molar-refractivity contribution is 0.0797. The molecule has 1 aromatic rings. The molecule has 14 heavy (non-hydrogen) atoms. The van der Waals surface area contributed by atoms with Crippen molar-refractivity contribution in [1.82, 2.24) is 14.7 Å². The maximum atomic E-state index is 5.16. The largest absolute Gasteiger partial charge is 0.383 e. The average molecular weight is 195 g/mol. The third-order valence-corrected chi connectivity index (χ3v) is 2.80. The van der Waals surface area contributed by atoms with Gasteiger partial charge in [-0.2, -0.15) is 5.10 Å². The number of rotatable bonds is 3. The third kappa shape index (κ3) is 1.81. The van der Waals surface area contributed by atoms with Gasteiger partial charge in [0.05, 0.1) is 18.8 Å². The molecule has 2 rings (SSSR count). The fourth-order valence-corrected chi connectivity index (χ4v) is 1.93.